The first-order valence-electron chi connectivity index (χ1n) is 10.6. The summed E-state index contributed by atoms with van der Waals surface area (Å²) < 4.78 is 25.2. The second-order valence-corrected chi connectivity index (χ2v) is 8.00. The predicted molar refractivity (Wildman–Crippen MR) is 118 cm³/mol. The monoisotopic (exact) mass is 456 g/mol. The van der Waals surface area contributed by atoms with E-state index in [1.54, 1.807) is 17.0 Å². The summed E-state index contributed by atoms with van der Waals surface area (Å²) in [4.78, 5) is 38.3. The molecular weight excluding hydrogens is 431 g/mol. The third-order valence-electron chi connectivity index (χ3n) is 5.45. The molecule has 4 rings (SSSR count). The van der Waals surface area contributed by atoms with Gasteiger partial charge >= 0.3 is 12.2 Å². The van der Waals surface area contributed by atoms with Gasteiger partial charge in [0.15, 0.2) is 0 Å². The number of carbonyl (C=O) groups excluding carboxylic acids is 3. The first-order chi connectivity index (χ1) is 15.9. The molecule has 0 spiro atoms. The van der Waals surface area contributed by atoms with E-state index in [1.807, 2.05) is 30.3 Å². The normalized spacial score (nSPS) is 17.9. The average Bonchev–Trinajstić information content (AvgIpc) is 3.15. The minimum absolute atomic E-state index is 0.143. The zero-order valence-electron chi connectivity index (χ0n) is 18.1. The molecule has 2 aromatic carbocycles. The van der Waals surface area contributed by atoms with E-state index in [9.17, 15) is 18.8 Å². The van der Waals surface area contributed by atoms with E-state index in [4.69, 9.17) is 9.47 Å². The average molecular weight is 456 g/mol. The van der Waals surface area contributed by atoms with E-state index in [0.29, 0.717) is 24.5 Å². The van der Waals surface area contributed by atoms with Gasteiger partial charge in [-0.15, -0.1) is 0 Å². The molecule has 0 aromatic heterocycles. The Bertz CT molecular complexity index is 1030. The number of nitrogens with zero attached hydrogens (tertiary/aromatic N) is 2. The Labute approximate surface area is 190 Å². The lowest BCUT2D eigenvalue weighted by atomic mass is 10.1. The van der Waals surface area contributed by atoms with E-state index in [1.165, 1.54) is 17.9 Å². The molecule has 1 atom stereocenters. The van der Waals surface area contributed by atoms with Crippen molar-refractivity contribution >= 4 is 29.5 Å². The molecule has 2 saturated heterocycles. The lowest BCUT2D eigenvalue weighted by molar-refractivity contribution is -0.119. The van der Waals surface area contributed by atoms with Crippen LogP contribution in [0.15, 0.2) is 48.5 Å². The lowest BCUT2D eigenvalue weighted by Gasteiger charge is -2.41. The van der Waals surface area contributed by atoms with Crippen molar-refractivity contribution in [2.24, 2.45) is 0 Å². The molecule has 9 nitrogen and oxygen atoms in total. The van der Waals surface area contributed by atoms with Crippen molar-refractivity contribution in [3.63, 3.8) is 0 Å². The number of carbonyl (C=O) groups is 3. The Balaban J connectivity index is 1.26. The van der Waals surface area contributed by atoms with Crippen molar-refractivity contribution in [3.05, 3.63) is 59.9 Å². The SMILES string of the molecule is CC(=O)NCC1CN(c2ccc(N3CC(NC(=O)OCc4ccccc4)C3)c(F)c2)C(=O)O1. The molecule has 0 aliphatic carbocycles. The summed E-state index contributed by atoms with van der Waals surface area (Å²) in [5.74, 6) is -0.692. The van der Waals surface area contributed by atoms with Crippen molar-refractivity contribution in [2.45, 2.75) is 25.7 Å². The Morgan fingerprint density at radius 3 is 2.61 bits per heavy atom. The van der Waals surface area contributed by atoms with Gasteiger partial charge in [0.25, 0.3) is 0 Å². The van der Waals surface area contributed by atoms with Crippen LogP contribution in [0.2, 0.25) is 0 Å². The minimum atomic E-state index is -0.584. The Morgan fingerprint density at radius 2 is 1.91 bits per heavy atom. The number of halogens is 1. The summed E-state index contributed by atoms with van der Waals surface area (Å²) in [7, 11) is 0. The van der Waals surface area contributed by atoms with E-state index < -0.39 is 24.1 Å². The van der Waals surface area contributed by atoms with Crippen LogP contribution in [0.4, 0.5) is 25.4 Å². The number of anilines is 2. The second-order valence-electron chi connectivity index (χ2n) is 8.00. The number of alkyl carbamates (subject to hydrolysis) is 1. The molecule has 2 aliphatic rings. The van der Waals surface area contributed by atoms with Gasteiger partial charge in [-0.2, -0.15) is 0 Å². The molecule has 0 radical (unpaired) electrons. The Morgan fingerprint density at radius 1 is 1.15 bits per heavy atom. The fourth-order valence-corrected chi connectivity index (χ4v) is 3.71. The van der Waals surface area contributed by atoms with Gasteiger partial charge < -0.3 is 25.0 Å². The lowest BCUT2D eigenvalue weighted by Crippen LogP contribution is -2.59. The molecule has 10 heteroatoms. The molecule has 2 aromatic rings. The number of hydrogen-bond acceptors (Lipinski definition) is 6. The van der Waals surface area contributed by atoms with Crippen molar-refractivity contribution in [1.29, 1.82) is 0 Å². The molecule has 1 unspecified atom stereocenters. The molecule has 33 heavy (non-hydrogen) atoms. The van der Waals surface area contributed by atoms with Gasteiger partial charge in [-0.05, 0) is 23.8 Å². The summed E-state index contributed by atoms with van der Waals surface area (Å²) in [6.45, 7) is 2.88. The number of ether oxygens (including phenoxy) is 2. The van der Waals surface area contributed by atoms with Crippen molar-refractivity contribution < 1.29 is 28.2 Å². The third-order valence-corrected chi connectivity index (χ3v) is 5.45. The molecular formula is C23H25FN4O5. The first kappa shape index (κ1) is 22.4. The number of cyclic esters (lactones) is 1. The van der Waals surface area contributed by atoms with Crippen molar-refractivity contribution in [1.82, 2.24) is 10.6 Å². The highest BCUT2D eigenvalue weighted by atomic mass is 19.1. The molecule has 2 heterocycles. The van der Waals surface area contributed by atoms with Crippen LogP contribution >= 0.6 is 0 Å². The highest BCUT2D eigenvalue weighted by Crippen LogP contribution is 2.30. The second kappa shape index (κ2) is 9.76. The summed E-state index contributed by atoms with van der Waals surface area (Å²) in [5.41, 5.74) is 1.66. The summed E-state index contributed by atoms with van der Waals surface area (Å²) in [6.07, 6.45) is -1.59. The third kappa shape index (κ3) is 5.51. The number of benzene rings is 2. The largest absolute Gasteiger partial charge is 0.445 e. The van der Waals surface area contributed by atoms with Crippen LogP contribution in [0, 0.1) is 5.82 Å². The molecule has 2 N–H and O–H groups in total. The van der Waals surface area contributed by atoms with E-state index in [0.717, 1.165) is 5.56 Å². The van der Waals surface area contributed by atoms with E-state index >= 15 is 0 Å². The predicted octanol–water partition coefficient (Wildman–Crippen LogP) is 2.40. The zero-order valence-corrected chi connectivity index (χ0v) is 18.1. The van der Waals surface area contributed by atoms with Gasteiger partial charge in [-0.1, -0.05) is 30.3 Å². The van der Waals surface area contributed by atoms with Gasteiger partial charge in [0.1, 0.15) is 18.5 Å². The van der Waals surface area contributed by atoms with Gasteiger partial charge in [0.05, 0.1) is 30.5 Å². The number of nitrogens with one attached hydrogen (secondary N) is 2. The van der Waals surface area contributed by atoms with Gasteiger partial charge in [0, 0.05) is 20.0 Å². The maximum atomic E-state index is 14.8. The standard InChI is InChI=1S/C23H25FN4O5/c1-15(29)25-10-19-13-28(23(31)33-19)18-7-8-21(20(24)9-18)27-11-17(12-27)26-22(30)32-14-16-5-3-2-4-6-16/h2-9,17,19H,10-14H2,1H3,(H,25,29)(H,26,30). The van der Waals surface area contributed by atoms with Crippen LogP contribution in [0.3, 0.4) is 0 Å². The summed E-state index contributed by atoms with van der Waals surface area (Å²) in [5, 5.41) is 5.37. The fraction of sp³-hybridized carbons (Fsp3) is 0.348. The Hall–Kier alpha value is -3.82. The van der Waals surface area contributed by atoms with Crippen molar-refractivity contribution in [3.8, 4) is 0 Å². The first-order valence-corrected chi connectivity index (χ1v) is 10.6. The van der Waals surface area contributed by atoms with Crippen LogP contribution in [0.25, 0.3) is 0 Å². The van der Waals surface area contributed by atoms with Crippen LogP contribution in [0.5, 0.6) is 0 Å². The topological polar surface area (TPSA) is 100 Å². The quantitative estimate of drug-likeness (QED) is 0.664. The molecule has 3 amide bonds. The van der Waals surface area contributed by atoms with Gasteiger partial charge in [-0.3, -0.25) is 9.69 Å². The maximum absolute atomic E-state index is 14.8. The molecule has 174 valence electrons. The van der Waals surface area contributed by atoms with Crippen LogP contribution in [-0.4, -0.2) is 56.4 Å². The summed E-state index contributed by atoms with van der Waals surface area (Å²) in [6, 6.07) is 13.8. The van der Waals surface area contributed by atoms with Gasteiger partial charge in [0.2, 0.25) is 5.91 Å². The number of amides is 3. The highest BCUT2D eigenvalue weighted by molar-refractivity contribution is 5.90. The molecule has 0 saturated carbocycles. The van der Waals surface area contributed by atoms with Crippen LogP contribution < -0.4 is 20.4 Å². The van der Waals surface area contributed by atoms with E-state index in [2.05, 4.69) is 10.6 Å². The number of rotatable bonds is 7. The van der Waals surface area contributed by atoms with Crippen LogP contribution in [-0.2, 0) is 20.9 Å². The van der Waals surface area contributed by atoms with E-state index in [-0.39, 0.29) is 31.6 Å². The molecule has 0 bridgehead atoms. The smallest absolute Gasteiger partial charge is 0.414 e. The van der Waals surface area contributed by atoms with Crippen molar-refractivity contribution in [2.75, 3.05) is 36.0 Å². The molecule has 2 fully saturated rings. The van der Waals surface area contributed by atoms with Crippen LogP contribution in [0.1, 0.15) is 12.5 Å². The Kier molecular flexibility index (Phi) is 6.62. The highest BCUT2D eigenvalue weighted by Gasteiger charge is 2.34. The zero-order chi connectivity index (χ0) is 23.4. The number of hydrogen-bond donors (Lipinski definition) is 2. The maximum Gasteiger partial charge on any atom is 0.414 e. The van der Waals surface area contributed by atoms with Gasteiger partial charge in [-0.25, -0.2) is 14.0 Å². The minimum Gasteiger partial charge on any atom is -0.445 e. The fourth-order valence-electron chi connectivity index (χ4n) is 3.71. The summed E-state index contributed by atoms with van der Waals surface area (Å²) >= 11 is 0. The molecule has 2 aliphatic heterocycles.